The van der Waals surface area contributed by atoms with Crippen molar-refractivity contribution in [3.8, 4) is 0 Å². The summed E-state index contributed by atoms with van der Waals surface area (Å²) in [6.45, 7) is 4.43. The summed E-state index contributed by atoms with van der Waals surface area (Å²) in [5.74, 6) is 0.642. The number of fused-ring (bicyclic) bond motifs is 1. The van der Waals surface area contributed by atoms with E-state index >= 15 is 0 Å². The van der Waals surface area contributed by atoms with Crippen molar-refractivity contribution >= 4 is 28.6 Å². The van der Waals surface area contributed by atoms with Crippen molar-refractivity contribution in [3.63, 3.8) is 0 Å². The summed E-state index contributed by atoms with van der Waals surface area (Å²) in [5.41, 5.74) is 7.34. The van der Waals surface area contributed by atoms with E-state index in [0.29, 0.717) is 18.2 Å². The molecule has 6 nitrogen and oxygen atoms in total. The lowest BCUT2D eigenvalue weighted by atomic mass is 10.3. The minimum absolute atomic E-state index is 0.0822. The maximum Gasteiger partial charge on any atom is 0.242 e. The third-order valence-electron chi connectivity index (χ3n) is 2.89. The van der Waals surface area contributed by atoms with E-state index in [1.807, 2.05) is 31.2 Å². The first-order valence-corrected chi connectivity index (χ1v) is 6.68. The smallest absolute Gasteiger partial charge is 0.242 e. The number of nitrogen functional groups attached to an aromatic ring is 1. The molecule has 0 radical (unpaired) electrons. The van der Waals surface area contributed by atoms with E-state index in [0.717, 1.165) is 17.5 Å². The van der Waals surface area contributed by atoms with Gasteiger partial charge in [0.1, 0.15) is 6.04 Å². The van der Waals surface area contributed by atoms with Crippen molar-refractivity contribution in [1.82, 2.24) is 15.3 Å². The number of hydrogen-bond donors (Lipinski definition) is 3. The van der Waals surface area contributed by atoms with E-state index < -0.39 is 6.04 Å². The molecule has 106 valence electrons. The van der Waals surface area contributed by atoms with E-state index in [4.69, 9.17) is 5.73 Å². The summed E-state index contributed by atoms with van der Waals surface area (Å²) in [6.07, 6.45) is 0.899. The van der Waals surface area contributed by atoms with Crippen LogP contribution in [0.4, 0.5) is 11.6 Å². The quantitative estimate of drug-likeness (QED) is 0.768. The van der Waals surface area contributed by atoms with Gasteiger partial charge in [0.05, 0.1) is 11.0 Å². The van der Waals surface area contributed by atoms with Crippen LogP contribution in [0, 0.1) is 0 Å². The Morgan fingerprint density at radius 3 is 2.60 bits per heavy atom. The lowest BCUT2D eigenvalue weighted by molar-refractivity contribution is -0.121. The molecule has 0 aliphatic heterocycles. The van der Waals surface area contributed by atoms with Gasteiger partial charge in [-0.05, 0) is 25.5 Å². The van der Waals surface area contributed by atoms with Gasteiger partial charge in [0, 0.05) is 6.54 Å². The molecular weight excluding hydrogens is 254 g/mol. The molecule has 0 aliphatic carbocycles. The Labute approximate surface area is 117 Å². The lowest BCUT2D eigenvalue weighted by Gasteiger charge is -2.15. The van der Waals surface area contributed by atoms with Crippen LogP contribution in [0.1, 0.15) is 20.3 Å². The van der Waals surface area contributed by atoms with Gasteiger partial charge in [-0.2, -0.15) is 0 Å². The van der Waals surface area contributed by atoms with Crippen LogP contribution in [-0.4, -0.2) is 28.5 Å². The zero-order valence-electron chi connectivity index (χ0n) is 11.7. The van der Waals surface area contributed by atoms with E-state index in [1.165, 1.54) is 0 Å². The molecule has 1 aromatic carbocycles. The standard InChI is InChI=1S/C14H19N5O/c1-3-8-16-14(20)9(2)17-13-12(15)18-10-6-4-5-7-11(10)19-13/h4-7,9H,3,8H2,1-2H3,(H2,15,18)(H,16,20)(H,17,19). The highest BCUT2D eigenvalue weighted by molar-refractivity contribution is 5.86. The van der Waals surface area contributed by atoms with Crippen LogP contribution in [0.3, 0.4) is 0 Å². The molecule has 0 bridgehead atoms. The number of para-hydroxylation sites is 2. The van der Waals surface area contributed by atoms with Crippen LogP contribution in [0.2, 0.25) is 0 Å². The van der Waals surface area contributed by atoms with Gasteiger partial charge < -0.3 is 16.4 Å². The Balaban J connectivity index is 2.16. The highest BCUT2D eigenvalue weighted by Gasteiger charge is 2.14. The fourth-order valence-corrected chi connectivity index (χ4v) is 1.79. The van der Waals surface area contributed by atoms with Crippen LogP contribution < -0.4 is 16.4 Å². The van der Waals surface area contributed by atoms with Crippen molar-refractivity contribution < 1.29 is 4.79 Å². The van der Waals surface area contributed by atoms with Gasteiger partial charge in [0.2, 0.25) is 5.91 Å². The van der Waals surface area contributed by atoms with E-state index in [2.05, 4.69) is 20.6 Å². The predicted molar refractivity (Wildman–Crippen MR) is 80.3 cm³/mol. The summed E-state index contributed by atoms with van der Waals surface area (Å²) < 4.78 is 0. The molecule has 1 amide bonds. The molecule has 2 aromatic rings. The lowest BCUT2D eigenvalue weighted by Crippen LogP contribution is -2.38. The SMILES string of the molecule is CCCNC(=O)C(C)Nc1nc2ccccc2nc1N. The number of aromatic nitrogens is 2. The number of hydrogen-bond acceptors (Lipinski definition) is 5. The third kappa shape index (κ3) is 3.14. The van der Waals surface area contributed by atoms with Gasteiger partial charge >= 0.3 is 0 Å². The van der Waals surface area contributed by atoms with Crippen LogP contribution in [0.5, 0.6) is 0 Å². The van der Waals surface area contributed by atoms with Gasteiger partial charge in [-0.25, -0.2) is 9.97 Å². The maximum atomic E-state index is 11.8. The molecule has 1 unspecified atom stereocenters. The Morgan fingerprint density at radius 2 is 1.95 bits per heavy atom. The number of amides is 1. The molecule has 20 heavy (non-hydrogen) atoms. The van der Waals surface area contributed by atoms with Gasteiger partial charge in [-0.1, -0.05) is 19.1 Å². The first-order valence-electron chi connectivity index (χ1n) is 6.68. The summed E-state index contributed by atoms with van der Waals surface area (Å²) >= 11 is 0. The van der Waals surface area contributed by atoms with Crippen LogP contribution in [0.15, 0.2) is 24.3 Å². The van der Waals surface area contributed by atoms with Crippen LogP contribution in [-0.2, 0) is 4.79 Å². The Bertz CT molecular complexity index is 614. The highest BCUT2D eigenvalue weighted by atomic mass is 16.2. The number of carbonyl (C=O) groups excluding carboxylic acids is 1. The first kappa shape index (κ1) is 14.0. The highest BCUT2D eigenvalue weighted by Crippen LogP contribution is 2.18. The molecule has 0 aliphatic rings. The number of rotatable bonds is 5. The zero-order valence-corrected chi connectivity index (χ0v) is 11.7. The van der Waals surface area contributed by atoms with Crippen LogP contribution >= 0.6 is 0 Å². The monoisotopic (exact) mass is 273 g/mol. The van der Waals surface area contributed by atoms with Gasteiger partial charge in [0.25, 0.3) is 0 Å². The molecule has 0 spiro atoms. The van der Waals surface area contributed by atoms with E-state index in [1.54, 1.807) is 6.92 Å². The van der Waals surface area contributed by atoms with Crippen LogP contribution in [0.25, 0.3) is 11.0 Å². The largest absolute Gasteiger partial charge is 0.381 e. The number of carbonyl (C=O) groups is 1. The average molecular weight is 273 g/mol. The second kappa shape index (κ2) is 6.18. The molecule has 2 rings (SSSR count). The number of nitrogens with zero attached hydrogens (tertiary/aromatic N) is 2. The van der Waals surface area contributed by atoms with E-state index in [9.17, 15) is 4.79 Å². The fourth-order valence-electron chi connectivity index (χ4n) is 1.79. The molecule has 1 heterocycles. The second-order valence-corrected chi connectivity index (χ2v) is 4.60. The zero-order chi connectivity index (χ0) is 14.5. The van der Waals surface area contributed by atoms with Crippen molar-refractivity contribution in [2.45, 2.75) is 26.3 Å². The number of anilines is 2. The normalized spacial score (nSPS) is 12.1. The summed E-state index contributed by atoms with van der Waals surface area (Å²) in [6, 6.07) is 7.05. The number of nitrogens with two attached hydrogens (primary N) is 1. The molecular formula is C14H19N5O. The molecule has 1 aromatic heterocycles. The molecule has 0 saturated heterocycles. The molecule has 4 N–H and O–H groups in total. The summed E-state index contributed by atoms with van der Waals surface area (Å²) in [5, 5.41) is 5.82. The molecule has 1 atom stereocenters. The van der Waals surface area contributed by atoms with Crippen molar-refractivity contribution in [1.29, 1.82) is 0 Å². The first-order chi connectivity index (χ1) is 9.61. The predicted octanol–water partition coefficient (Wildman–Crippen LogP) is 1.54. The van der Waals surface area contributed by atoms with Crippen molar-refractivity contribution in [2.75, 3.05) is 17.6 Å². The third-order valence-corrected chi connectivity index (χ3v) is 2.89. The number of benzene rings is 1. The summed E-state index contributed by atoms with van der Waals surface area (Å²) in [7, 11) is 0. The Kier molecular flexibility index (Phi) is 4.34. The maximum absolute atomic E-state index is 11.8. The van der Waals surface area contributed by atoms with E-state index in [-0.39, 0.29) is 5.91 Å². The molecule has 0 saturated carbocycles. The minimum atomic E-state index is -0.417. The van der Waals surface area contributed by atoms with Crippen molar-refractivity contribution in [2.24, 2.45) is 0 Å². The topological polar surface area (TPSA) is 92.9 Å². The fraction of sp³-hybridized carbons (Fsp3) is 0.357. The second-order valence-electron chi connectivity index (χ2n) is 4.60. The number of nitrogens with one attached hydrogen (secondary N) is 2. The van der Waals surface area contributed by atoms with Gasteiger partial charge in [0.15, 0.2) is 11.6 Å². The average Bonchev–Trinajstić information content (AvgIpc) is 2.45. The minimum Gasteiger partial charge on any atom is -0.381 e. The van der Waals surface area contributed by atoms with Gasteiger partial charge in [-0.3, -0.25) is 4.79 Å². The molecule has 0 fully saturated rings. The molecule has 6 heteroatoms. The van der Waals surface area contributed by atoms with Crippen molar-refractivity contribution in [3.05, 3.63) is 24.3 Å². The Hall–Kier alpha value is -2.37. The summed E-state index contributed by atoms with van der Waals surface area (Å²) in [4.78, 5) is 20.5. The van der Waals surface area contributed by atoms with Gasteiger partial charge in [-0.15, -0.1) is 0 Å². The Morgan fingerprint density at radius 1 is 1.30 bits per heavy atom.